The van der Waals surface area contributed by atoms with E-state index in [1.165, 1.54) is 0 Å². The predicted molar refractivity (Wildman–Crippen MR) is 69.1 cm³/mol. The van der Waals surface area contributed by atoms with E-state index in [1.807, 2.05) is 17.0 Å². The third kappa shape index (κ3) is 3.10. The van der Waals surface area contributed by atoms with Crippen LogP contribution in [0.25, 0.3) is 0 Å². The van der Waals surface area contributed by atoms with Gasteiger partial charge in [0.05, 0.1) is 19.8 Å². The van der Waals surface area contributed by atoms with Crippen molar-refractivity contribution in [3.8, 4) is 11.8 Å². The normalized spacial score (nSPS) is 14.8. The van der Waals surface area contributed by atoms with Gasteiger partial charge < -0.3 is 15.4 Å². The molecule has 0 aliphatic carbocycles. The molecule has 0 bridgehead atoms. The largest absolute Gasteiger partial charge is 0.378 e. The molecule has 4 nitrogen and oxygen atoms in total. The Balaban J connectivity index is 2.06. The van der Waals surface area contributed by atoms with Crippen LogP contribution in [0.4, 0.5) is 0 Å². The smallest absolute Gasteiger partial charge is 0.254 e. The van der Waals surface area contributed by atoms with Gasteiger partial charge in [0.15, 0.2) is 0 Å². The van der Waals surface area contributed by atoms with E-state index < -0.39 is 0 Å². The first-order valence-electron chi connectivity index (χ1n) is 5.97. The molecule has 1 aromatic carbocycles. The number of rotatable bonds is 1. The van der Waals surface area contributed by atoms with Crippen molar-refractivity contribution in [3.63, 3.8) is 0 Å². The lowest BCUT2D eigenvalue weighted by molar-refractivity contribution is 0.0303. The van der Waals surface area contributed by atoms with Crippen LogP contribution in [-0.4, -0.2) is 43.7 Å². The Morgan fingerprint density at radius 2 is 1.94 bits per heavy atom. The fourth-order valence-corrected chi connectivity index (χ4v) is 1.80. The third-order valence-electron chi connectivity index (χ3n) is 2.76. The molecule has 1 aromatic rings. The van der Waals surface area contributed by atoms with Gasteiger partial charge in [-0.1, -0.05) is 11.8 Å². The average molecular weight is 244 g/mol. The van der Waals surface area contributed by atoms with Crippen molar-refractivity contribution >= 4 is 5.91 Å². The summed E-state index contributed by atoms with van der Waals surface area (Å²) in [6.07, 6.45) is 0. The highest BCUT2D eigenvalue weighted by Gasteiger charge is 2.17. The van der Waals surface area contributed by atoms with Crippen LogP contribution >= 0.6 is 0 Å². The molecule has 1 saturated heterocycles. The van der Waals surface area contributed by atoms with E-state index >= 15 is 0 Å². The summed E-state index contributed by atoms with van der Waals surface area (Å²) in [6, 6.07) is 7.29. The Morgan fingerprint density at radius 3 is 2.56 bits per heavy atom. The summed E-state index contributed by atoms with van der Waals surface area (Å²) >= 11 is 0. The Hall–Kier alpha value is -1.83. The van der Waals surface area contributed by atoms with Gasteiger partial charge in [-0.2, -0.15) is 0 Å². The van der Waals surface area contributed by atoms with Crippen molar-refractivity contribution < 1.29 is 9.53 Å². The number of ether oxygens (including phenoxy) is 1. The zero-order valence-electron chi connectivity index (χ0n) is 10.2. The van der Waals surface area contributed by atoms with Crippen LogP contribution < -0.4 is 5.73 Å². The maximum atomic E-state index is 12.1. The van der Waals surface area contributed by atoms with E-state index in [-0.39, 0.29) is 5.91 Å². The minimum Gasteiger partial charge on any atom is -0.378 e. The second-order valence-electron chi connectivity index (χ2n) is 3.99. The van der Waals surface area contributed by atoms with Crippen LogP contribution in [0.15, 0.2) is 24.3 Å². The summed E-state index contributed by atoms with van der Waals surface area (Å²) in [7, 11) is 0. The number of nitrogens with zero attached hydrogens (tertiary/aromatic N) is 1. The molecule has 0 unspecified atom stereocenters. The topological polar surface area (TPSA) is 55.6 Å². The minimum absolute atomic E-state index is 0.0524. The number of carbonyl (C=O) groups is 1. The lowest BCUT2D eigenvalue weighted by atomic mass is 10.1. The Kier molecular flexibility index (Phi) is 4.35. The van der Waals surface area contributed by atoms with E-state index in [1.54, 1.807) is 12.1 Å². The SMILES string of the molecule is NCC#Cc1ccc(C(=O)N2CCOCC2)cc1. The van der Waals surface area contributed by atoms with E-state index in [0.717, 1.165) is 5.56 Å². The van der Waals surface area contributed by atoms with Gasteiger partial charge in [-0.3, -0.25) is 4.79 Å². The number of hydrogen-bond donors (Lipinski definition) is 1. The molecule has 1 aliphatic heterocycles. The fraction of sp³-hybridized carbons (Fsp3) is 0.357. The molecule has 4 heteroatoms. The number of hydrogen-bond acceptors (Lipinski definition) is 3. The molecule has 2 rings (SSSR count). The summed E-state index contributed by atoms with van der Waals surface area (Å²) in [5.41, 5.74) is 6.87. The molecule has 18 heavy (non-hydrogen) atoms. The number of carbonyl (C=O) groups excluding carboxylic acids is 1. The quantitative estimate of drug-likeness (QED) is 0.731. The zero-order valence-corrected chi connectivity index (χ0v) is 10.2. The summed E-state index contributed by atoms with van der Waals surface area (Å²) in [4.78, 5) is 13.9. The molecule has 1 aliphatic rings. The Labute approximate surface area is 107 Å². The Morgan fingerprint density at radius 1 is 1.28 bits per heavy atom. The van der Waals surface area contributed by atoms with Crippen molar-refractivity contribution in [2.45, 2.75) is 0 Å². The molecule has 0 atom stereocenters. The molecular weight excluding hydrogens is 228 g/mol. The second kappa shape index (κ2) is 6.20. The second-order valence-corrected chi connectivity index (χ2v) is 3.99. The fourth-order valence-electron chi connectivity index (χ4n) is 1.80. The maximum Gasteiger partial charge on any atom is 0.254 e. The summed E-state index contributed by atoms with van der Waals surface area (Å²) in [5, 5.41) is 0. The number of nitrogens with two attached hydrogens (primary N) is 1. The highest BCUT2D eigenvalue weighted by Crippen LogP contribution is 2.08. The number of amides is 1. The summed E-state index contributed by atoms with van der Waals surface area (Å²) in [6.45, 7) is 2.90. The molecule has 2 N–H and O–H groups in total. The first-order valence-corrected chi connectivity index (χ1v) is 5.97. The van der Waals surface area contributed by atoms with Gasteiger partial charge in [0.2, 0.25) is 0 Å². The molecular formula is C14H16N2O2. The summed E-state index contributed by atoms with van der Waals surface area (Å²) in [5.74, 6) is 5.77. The van der Waals surface area contributed by atoms with Gasteiger partial charge >= 0.3 is 0 Å². The van der Waals surface area contributed by atoms with E-state index in [4.69, 9.17) is 10.5 Å². The van der Waals surface area contributed by atoms with Crippen molar-refractivity contribution in [3.05, 3.63) is 35.4 Å². The predicted octanol–water partition coefficient (Wildman–Crippen LogP) is 0.469. The van der Waals surface area contributed by atoms with Crippen LogP contribution in [0.3, 0.4) is 0 Å². The Bertz CT molecular complexity index is 465. The first-order chi connectivity index (χ1) is 8.81. The number of benzene rings is 1. The molecule has 0 saturated carbocycles. The van der Waals surface area contributed by atoms with Crippen LogP contribution in [0.1, 0.15) is 15.9 Å². The van der Waals surface area contributed by atoms with Gasteiger partial charge in [0.1, 0.15) is 0 Å². The van der Waals surface area contributed by atoms with Crippen LogP contribution in [-0.2, 0) is 4.74 Å². The highest BCUT2D eigenvalue weighted by atomic mass is 16.5. The van der Waals surface area contributed by atoms with Gasteiger partial charge in [-0.15, -0.1) is 0 Å². The van der Waals surface area contributed by atoms with Crippen molar-refractivity contribution in [1.29, 1.82) is 0 Å². The minimum atomic E-state index is 0.0524. The highest BCUT2D eigenvalue weighted by molar-refractivity contribution is 5.94. The van der Waals surface area contributed by atoms with Gasteiger partial charge in [0, 0.05) is 24.2 Å². The van der Waals surface area contributed by atoms with Crippen molar-refractivity contribution in [1.82, 2.24) is 4.90 Å². The molecule has 1 amide bonds. The molecule has 1 heterocycles. The first kappa shape index (κ1) is 12.6. The average Bonchev–Trinajstić information content (AvgIpc) is 2.46. The molecule has 0 radical (unpaired) electrons. The van der Waals surface area contributed by atoms with Gasteiger partial charge in [-0.05, 0) is 24.3 Å². The summed E-state index contributed by atoms with van der Waals surface area (Å²) < 4.78 is 5.23. The van der Waals surface area contributed by atoms with Crippen LogP contribution in [0.2, 0.25) is 0 Å². The van der Waals surface area contributed by atoms with E-state index in [9.17, 15) is 4.79 Å². The molecule has 0 aromatic heterocycles. The molecule has 0 spiro atoms. The maximum absolute atomic E-state index is 12.1. The molecule has 1 fully saturated rings. The number of morpholine rings is 1. The van der Waals surface area contributed by atoms with Crippen molar-refractivity contribution in [2.75, 3.05) is 32.8 Å². The third-order valence-corrected chi connectivity index (χ3v) is 2.76. The molecule has 94 valence electrons. The van der Waals surface area contributed by atoms with E-state index in [2.05, 4.69) is 11.8 Å². The monoisotopic (exact) mass is 244 g/mol. The van der Waals surface area contributed by atoms with Gasteiger partial charge in [0.25, 0.3) is 5.91 Å². The van der Waals surface area contributed by atoms with Crippen LogP contribution in [0.5, 0.6) is 0 Å². The van der Waals surface area contributed by atoms with Crippen LogP contribution in [0, 0.1) is 11.8 Å². The lowest BCUT2D eigenvalue weighted by Gasteiger charge is -2.26. The van der Waals surface area contributed by atoms with Gasteiger partial charge in [-0.25, -0.2) is 0 Å². The lowest BCUT2D eigenvalue weighted by Crippen LogP contribution is -2.40. The van der Waals surface area contributed by atoms with E-state index in [0.29, 0.717) is 38.4 Å². The van der Waals surface area contributed by atoms with Crippen molar-refractivity contribution in [2.24, 2.45) is 5.73 Å². The standard InChI is InChI=1S/C14H16N2O2/c15-7-1-2-12-3-5-13(6-4-12)14(17)16-8-10-18-11-9-16/h3-6H,7-11,15H2. The zero-order chi connectivity index (χ0) is 12.8.